The van der Waals surface area contributed by atoms with Crippen LogP contribution in [0.1, 0.15) is 32.1 Å². The zero-order valence-electron chi connectivity index (χ0n) is 18.6. The third kappa shape index (κ3) is 4.32. The highest BCUT2D eigenvalue weighted by Crippen LogP contribution is 2.45. The Morgan fingerprint density at radius 1 is 0.968 bits per heavy atom. The number of likely N-dealkylation sites (N-methyl/N-ethyl adjacent to an activating group) is 1. The number of carbonyl (C=O) groups is 3. The number of anilines is 2. The summed E-state index contributed by atoms with van der Waals surface area (Å²) < 4.78 is 0. The maximum Gasteiger partial charge on any atom is 0.250 e. The number of fused-ring (bicyclic) bond motifs is 1. The van der Waals surface area contributed by atoms with Gasteiger partial charge in [0.05, 0.1) is 24.5 Å². The van der Waals surface area contributed by atoms with E-state index in [9.17, 15) is 14.4 Å². The molecule has 1 N–H and O–H groups in total. The molecule has 1 aromatic rings. The first-order valence-corrected chi connectivity index (χ1v) is 11.3. The van der Waals surface area contributed by atoms with Gasteiger partial charge in [0.1, 0.15) is 5.54 Å². The van der Waals surface area contributed by atoms with Gasteiger partial charge in [0.15, 0.2) is 0 Å². The zero-order valence-corrected chi connectivity index (χ0v) is 18.6. The van der Waals surface area contributed by atoms with Crippen LogP contribution in [0.3, 0.4) is 0 Å². The molecule has 2 heterocycles. The number of hydrogen-bond donors (Lipinski definition) is 1. The van der Waals surface area contributed by atoms with Gasteiger partial charge in [-0.3, -0.25) is 29.1 Å². The van der Waals surface area contributed by atoms with E-state index < -0.39 is 5.54 Å². The molecule has 0 radical (unpaired) electrons. The van der Waals surface area contributed by atoms with Crippen LogP contribution in [0.25, 0.3) is 0 Å². The third-order valence-electron chi connectivity index (χ3n) is 6.82. The molecular formula is C23H33N5O3. The second kappa shape index (κ2) is 8.96. The van der Waals surface area contributed by atoms with Crippen LogP contribution in [0, 0.1) is 0 Å². The van der Waals surface area contributed by atoms with E-state index in [1.54, 1.807) is 23.9 Å². The second-order valence-electron chi connectivity index (χ2n) is 9.13. The lowest BCUT2D eigenvalue weighted by Crippen LogP contribution is -2.62. The Kier molecular flexibility index (Phi) is 6.29. The maximum atomic E-state index is 13.6. The predicted octanol–water partition coefficient (Wildman–Crippen LogP) is 1.38. The smallest absolute Gasteiger partial charge is 0.250 e. The van der Waals surface area contributed by atoms with Crippen molar-refractivity contribution in [2.45, 2.75) is 37.6 Å². The SMILES string of the molecule is CN(C)C(=O)CN1CCCN(CC(=O)N2c3ccccc3NC(=O)C23CCCC3)CC1. The molecule has 1 saturated carbocycles. The van der Waals surface area contributed by atoms with Crippen molar-refractivity contribution in [3.63, 3.8) is 0 Å². The van der Waals surface area contributed by atoms with Crippen molar-refractivity contribution >= 4 is 29.1 Å². The highest BCUT2D eigenvalue weighted by atomic mass is 16.2. The third-order valence-corrected chi connectivity index (χ3v) is 6.82. The Morgan fingerprint density at radius 2 is 1.61 bits per heavy atom. The highest BCUT2D eigenvalue weighted by Gasteiger charge is 2.52. The van der Waals surface area contributed by atoms with Gasteiger partial charge in [-0.25, -0.2) is 0 Å². The van der Waals surface area contributed by atoms with Gasteiger partial charge in [0.2, 0.25) is 11.8 Å². The first kappa shape index (κ1) is 21.8. The Bertz CT molecular complexity index is 849. The van der Waals surface area contributed by atoms with E-state index in [1.807, 2.05) is 24.3 Å². The first-order chi connectivity index (χ1) is 14.9. The Labute approximate surface area is 184 Å². The molecule has 1 aromatic carbocycles. The molecule has 1 spiro atoms. The Morgan fingerprint density at radius 3 is 2.29 bits per heavy atom. The molecule has 0 bridgehead atoms. The minimum atomic E-state index is -0.762. The Balaban J connectivity index is 1.48. The van der Waals surface area contributed by atoms with Crippen molar-refractivity contribution in [2.75, 3.05) is 63.6 Å². The number of hydrogen-bond acceptors (Lipinski definition) is 5. The molecule has 31 heavy (non-hydrogen) atoms. The summed E-state index contributed by atoms with van der Waals surface area (Å²) in [5, 5.41) is 3.04. The van der Waals surface area contributed by atoms with E-state index in [2.05, 4.69) is 15.1 Å². The number of nitrogens with one attached hydrogen (secondary N) is 1. The van der Waals surface area contributed by atoms with Gasteiger partial charge in [0, 0.05) is 27.2 Å². The van der Waals surface area contributed by atoms with E-state index >= 15 is 0 Å². The lowest BCUT2D eigenvalue weighted by molar-refractivity contribution is -0.130. The summed E-state index contributed by atoms with van der Waals surface area (Å²) in [5.74, 6) is 0.0342. The summed E-state index contributed by atoms with van der Waals surface area (Å²) in [6.45, 7) is 3.86. The summed E-state index contributed by atoms with van der Waals surface area (Å²) in [6.07, 6.45) is 4.24. The number of carbonyl (C=O) groups excluding carboxylic acids is 3. The molecule has 8 heteroatoms. The van der Waals surface area contributed by atoms with E-state index in [1.165, 1.54) is 0 Å². The zero-order chi connectivity index (χ0) is 22.0. The van der Waals surface area contributed by atoms with Crippen LogP contribution in [0.2, 0.25) is 0 Å². The summed E-state index contributed by atoms with van der Waals surface area (Å²) in [5.41, 5.74) is 0.756. The molecule has 2 fully saturated rings. The molecular weight excluding hydrogens is 394 g/mol. The van der Waals surface area contributed by atoms with Crippen molar-refractivity contribution in [2.24, 2.45) is 0 Å². The van der Waals surface area contributed by atoms with Crippen LogP contribution in [-0.4, -0.2) is 91.3 Å². The minimum absolute atomic E-state index is 0.0120. The average Bonchev–Trinajstić information content (AvgIpc) is 3.12. The molecule has 0 unspecified atom stereocenters. The molecule has 0 atom stereocenters. The molecule has 0 aromatic heterocycles. The lowest BCUT2D eigenvalue weighted by atomic mass is 9.89. The van der Waals surface area contributed by atoms with Crippen LogP contribution in [-0.2, 0) is 14.4 Å². The number of amides is 3. The largest absolute Gasteiger partial charge is 0.348 e. The molecule has 1 saturated heterocycles. The monoisotopic (exact) mass is 427 g/mol. The fourth-order valence-electron chi connectivity index (χ4n) is 5.06. The van der Waals surface area contributed by atoms with Crippen LogP contribution >= 0.6 is 0 Å². The van der Waals surface area contributed by atoms with E-state index in [0.29, 0.717) is 31.6 Å². The second-order valence-corrected chi connectivity index (χ2v) is 9.13. The maximum absolute atomic E-state index is 13.6. The van der Waals surface area contributed by atoms with Gasteiger partial charge < -0.3 is 10.2 Å². The van der Waals surface area contributed by atoms with Gasteiger partial charge in [-0.1, -0.05) is 25.0 Å². The van der Waals surface area contributed by atoms with Crippen LogP contribution < -0.4 is 10.2 Å². The van der Waals surface area contributed by atoms with Gasteiger partial charge in [-0.05, 0) is 44.5 Å². The minimum Gasteiger partial charge on any atom is -0.348 e. The number of rotatable bonds is 4. The van der Waals surface area contributed by atoms with Crippen molar-refractivity contribution in [1.29, 1.82) is 0 Å². The summed E-state index contributed by atoms with van der Waals surface area (Å²) in [4.78, 5) is 46.5. The number of benzene rings is 1. The van der Waals surface area contributed by atoms with Gasteiger partial charge in [-0.2, -0.15) is 0 Å². The quantitative estimate of drug-likeness (QED) is 0.786. The van der Waals surface area contributed by atoms with Crippen LogP contribution in [0.4, 0.5) is 11.4 Å². The molecule has 8 nitrogen and oxygen atoms in total. The van der Waals surface area contributed by atoms with Gasteiger partial charge >= 0.3 is 0 Å². The first-order valence-electron chi connectivity index (χ1n) is 11.3. The van der Waals surface area contributed by atoms with Crippen LogP contribution in [0.5, 0.6) is 0 Å². The standard InChI is InChI=1S/C23H33N5O3/c1-25(2)20(29)16-26-12-7-13-27(15-14-26)17-21(30)28-19-9-4-3-8-18(19)24-22(31)23(28)10-5-6-11-23/h3-4,8-9H,5-7,10-17H2,1-2H3,(H,24,31). The number of nitrogens with zero attached hydrogens (tertiary/aromatic N) is 4. The molecule has 1 aliphatic carbocycles. The van der Waals surface area contributed by atoms with Crippen molar-refractivity contribution in [3.8, 4) is 0 Å². The summed E-state index contributed by atoms with van der Waals surface area (Å²) in [7, 11) is 3.55. The van der Waals surface area contributed by atoms with Crippen molar-refractivity contribution in [3.05, 3.63) is 24.3 Å². The van der Waals surface area contributed by atoms with E-state index in [-0.39, 0.29) is 17.7 Å². The van der Waals surface area contributed by atoms with E-state index in [0.717, 1.165) is 51.1 Å². The van der Waals surface area contributed by atoms with Crippen LogP contribution in [0.15, 0.2) is 24.3 Å². The molecule has 2 aliphatic heterocycles. The average molecular weight is 428 g/mol. The van der Waals surface area contributed by atoms with Crippen molar-refractivity contribution < 1.29 is 14.4 Å². The Hall–Kier alpha value is -2.45. The van der Waals surface area contributed by atoms with E-state index in [4.69, 9.17) is 0 Å². The predicted molar refractivity (Wildman–Crippen MR) is 120 cm³/mol. The molecule has 3 aliphatic rings. The highest BCUT2D eigenvalue weighted by molar-refractivity contribution is 6.15. The lowest BCUT2D eigenvalue weighted by Gasteiger charge is -2.45. The fraction of sp³-hybridized carbons (Fsp3) is 0.609. The normalized spacial score (nSPS) is 21.5. The molecule has 3 amide bonds. The summed E-state index contributed by atoms with van der Waals surface area (Å²) in [6, 6.07) is 7.60. The van der Waals surface area contributed by atoms with Crippen molar-refractivity contribution in [1.82, 2.24) is 14.7 Å². The molecule has 168 valence electrons. The molecule has 4 rings (SSSR count). The summed E-state index contributed by atoms with van der Waals surface area (Å²) >= 11 is 0. The van der Waals surface area contributed by atoms with Gasteiger partial charge in [-0.15, -0.1) is 0 Å². The van der Waals surface area contributed by atoms with Gasteiger partial charge in [0.25, 0.3) is 5.91 Å². The number of para-hydroxylation sites is 2. The fourth-order valence-corrected chi connectivity index (χ4v) is 5.06. The topological polar surface area (TPSA) is 76.2 Å².